The number of rotatable bonds is 2. The van der Waals surface area contributed by atoms with E-state index in [1.165, 1.54) is 11.8 Å². The number of thioether (sulfide) groups is 1. The first-order chi connectivity index (χ1) is 7.02. The van der Waals surface area contributed by atoms with Gasteiger partial charge < -0.3 is 4.74 Å². The van der Waals surface area contributed by atoms with E-state index < -0.39 is 0 Å². The van der Waals surface area contributed by atoms with Crippen molar-refractivity contribution in [2.75, 3.05) is 13.4 Å². The second-order valence-corrected chi connectivity index (χ2v) is 6.48. The second kappa shape index (κ2) is 6.00. The maximum absolute atomic E-state index is 5.28. The van der Waals surface area contributed by atoms with Crippen molar-refractivity contribution in [3.05, 3.63) is 25.0 Å². The number of halogens is 3. The summed E-state index contributed by atoms with van der Waals surface area (Å²) < 4.78 is 8.76. The van der Waals surface area contributed by atoms with Crippen molar-refractivity contribution >= 4 is 76.0 Å². The highest BCUT2D eigenvalue weighted by Gasteiger charge is 2.16. The summed E-state index contributed by atoms with van der Waals surface area (Å²) in [5.74, 6) is 0.765. The topological polar surface area (TPSA) is 9.23 Å². The van der Waals surface area contributed by atoms with E-state index in [1.807, 2.05) is 12.3 Å². The molecule has 0 spiro atoms. The minimum absolute atomic E-state index is 0.765. The molecule has 1 aromatic carbocycles. The van der Waals surface area contributed by atoms with Crippen LogP contribution < -0.4 is 4.74 Å². The highest BCUT2D eigenvalue weighted by Crippen LogP contribution is 2.41. The predicted octanol–water partition coefficient (Wildman–Crippen LogP) is 5.02. The van der Waals surface area contributed by atoms with Gasteiger partial charge in [0.2, 0.25) is 0 Å². The molecule has 15 heavy (non-hydrogen) atoms. The lowest BCUT2D eigenvalue weighted by Crippen LogP contribution is -1.97. The van der Waals surface area contributed by atoms with Gasteiger partial charge in [0.1, 0.15) is 5.75 Å². The van der Waals surface area contributed by atoms with Gasteiger partial charge in [0.15, 0.2) is 0 Å². The highest BCUT2D eigenvalue weighted by molar-refractivity contribution is 9.13. The van der Waals surface area contributed by atoms with Gasteiger partial charge in [-0.25, -0.2) is 0 Å². The smallest absolute Gasteiger partial charge is 0.135 e. The van der Waals surface area contributed by atoms with E-state index in [1.54, 1.807) is 7.11 Å². The molecule has 0 N–H and O–H groups in total. The van der Waals surface area contributed by atoms with Crippen LogP contribution in [-0.2, 0) is 0 Å². The number of hydrogen-bond acceptors (Lipinski definition) is 3. The van der Waals surface area contributed by atoms with Gasteiger partial charge in [-0.1, -0.05) is 12.2 Å². The van der Waals surface area contributed by atoms with Crippen LogP contribution >= 0.6 is 71.8 Å². The molecule has 6 heteroatoms. The fraction of sp³-hybridized carbons (Fsp3) is 0.222. The van der Waals surface area contributed by atoms with E-state index in [0.717, 1.165) is 28.9 Å². The van der Waals surface area contributed by atoms with Crippen LogP contribution in [0, 0.1) is 0 Å². The molecule has 82 valence electrons. The molecule has 1 aromatic rings. The Labute approximate surface area is 124 Å². The van der Waals surface area contributed by atoms with Crippen LogP contribution in [0.25, 0.3) is 0 Å². The summed E-state index contributed by atoms with van der Waals surface area (Å²) in [6, 6.07) is 1.90. The summed E-state index contributed by atoms with van der Waals surface area (Å²) in [5.41, 5.74) is 0.977. The number of hydrogen-bond donors (Lipinski definition) is 0. The van der Waals surface area contributed by atoms with Crippen LogP contribution in [0.15, 0.2) is 19.5 Å². The SMILES string of the molecule is COc1cc(Br)c(C(=S)SC)c(Br)c1Br. The van der Waals surface area contributed by atoms with Gasteiger partial charge in [0, 0.05) is 14.5 Å². The molecule has 0 aliphatic rings. The molecule has 1 nitrogen and oxygen atoms in total. The van der Waals surface area contributed by atoms with Crippen LogP contribution in [-0.4, -0.2) is 17.6 Å². The van der Waals surface area contributed by atoms with E-state index in [-0.39, 0.29) is 0 Å². The van der Waals surface area contributed by atoms with E-state index in [0.29, 0.717) is 0 Å². The zero-order valence-corrected chi connectivity index (χ0v) is 14.3. The minimum Gasteiger partial charge on any atom is -0.495 e. The van der Waals surface area contributed by atoms with Crippen molar-refractivity contribution in [2.24, 2.45) is 0 Å². The Morgan fingerprint density at radius 3 is 2.40 bits per heavy atom. The van der Waals surface area contributed by atoms with Crippen LogP contribution in [0.2, 0.25) is 0 Å². The molecule has 0 atom stereocenters. The van der Waals surface area contributed by atoms with E-state index in [4.69, 9.17) is 17.0 Å². The maximum Gasteiger partial charge on any atom is 0.135 e. The summed E-state index contributed by atoms with van der Waals surface area (Å²) in [6.45, 7) is 0. The monoisotopic (exact) mass is 432 g/mol. The average Bonchev–Trinajstić information content (AvgIpc) is 2.23. The molecule has 1 rings (SSSR count). The highest BCUT2D eigenvalue weighted by atomic mass is 79.9. The summed E-state index contributed by atoms with van der Waals surface area (Å²) in [5, 5.41) is 0. The molecule has 0 heterocycles. The Bertz CT molecular complexity index is 407. The van der Waals surface area contributed by atoms with Crippen LogP contribution in [0.4, 0.5) is 0 Å². The van der Waals surface area contributed by atoms with Crippen molar-refractivity contribution < 1.29 is 4.74 Å². The van der Waals surface area contributed by atoms with Gasteiger partial charge >= 0.3 is 0 Å². The van der Waals surface area contributed by atoms with Crippen LogP contribution in [0.5, 0.6) is 5.75 Å². The third-order valence-corrected chi connectivity index (χ3v) is 5.75. The lowest BCUT2D eigenvalue weighted by molar-refractivity contribution is 0.411. The Hall–Kier alpha value is 0.900. The molecular weight excluding hydrogens is 428 g/mol. The van der Waals surface area contributed by atoms with E-state index >= 15 is 0 Å². The first-order valence-electron chi connectivity index (χ1n) is 3.82. The van der Waals surface area contributed by atoms with E-state index in [9.17, 15) is 0 Å². The minimum atomic E-state index is 0.765. The zero-order chi connectivity index (χ0) is 11.6. The Balaban J connectivity index is 3.42. The van der Waals surface area contributed by atoms with Gasteiger partial charge in [0.05, 0.1) is 15.8 Å². The summed E-state index contributed by atoms with van der Waals surface area (Å²) >= 11 is 17.3. The summed E-state index contributed by atoms with van der Waals surface area (Å²) in [4.78, 5) is 0. The normalized spacial score (nSPS) is 10.2. The average molecular weight is 435 g/mol. The lowest BCUT2D eigenvalue weighted by Gasteiger charge is -2.12. The lowest BCUT2D eigenvalue weighted by atomic mass is 10.2. The Kier molecular flexibility index (Phi) is 5.59. The molecule has 0 unspecified atom stereocenters. The van der Waals surface area contributed by atoms with Gasteiger partial charge in [-0.05, 0) is 60.1 Å². The van der Waals surface area contributed by atoms with Gasteiger partial charge in [-0.15, -0.1) is 11.8 Å². The second-order valence-electron chi connectivity index (χ2n) is 2.56. The first kappa shape index (κ1) is 14.0. The van der Waals surface area contributed by atoms with Crippen molar-refractivity contribution in [2.45, 2.75) is 0 Å². The molecule has 0 aliphatic heterocycles. The first-order valence-corrected chi connectivity index (χ1v) is 7.84. The molecule has 0 aliphatic carbocycles. The van der Waals surface area contributed by atoms with Gasteiger partial charge in [-0.2, -0.15) is 0 Å². The van der Waals surface area contributed by atoms with Crippen molar-refractivity contribution in [1.29, 1.82) is 0 Å². The molecule has 0 radical (unpaired) electrons. The number of benzene rings is 1. The standard InChI is InChI=1S/C9H7Br3OS2/c1-13-5-3-4(10)6(9(14)15-2)8(12)7(5)11/h3H,1-2H3. The van der Waals surface area contributed by atoms with Crippen molar-refractivity contribution in [3.63, 3.8) is 0 Å². The molecular formula is C9H7Br3OS2. The number of ether oxygens (including phenoxy) is 1. The van der Waals surface area contributed by atoms with Crippen LogP contribution in [0.1, 0.15) is 5.56 Å². The fourth-order valence-electron chi connectivity index (χ4n) is 1.01. The van der Waals surface area contributed by atoms with Crippen molar-refractivity contribution in [3.8, 4) is 5.75 Å². The third kappa shape index (κ3) is 2.97. The van der Waals surface area contributed by atoms with Gasteiger partial charge in [0.25, 0.3) is 0 Å². The molecule has 0 bridgehead atoms. The predicted molar refractivity (Wildman–Crippen MR) is 81.3 cm³/mol. The zero-order valence-electron chi connectivity index (χ0n) is 7.94. The van der Waals surface area contributed by atoms with E-state index in [2.05, 4.69) is 47.8 Å². The largest absolute Gasteiger partial charge is 0.495 e. The maximum atomic E-state index is 5.28. The number of methoxy groups -OCH3 is 1. The Morgan fingerprint density at radius 2 is 1.93 bits per heavy atom. The summed E-state index contributed by atoms with van der Waals surface area (Å²) in [7, 11) is 1.63. The summed E-state index contributed by atoms with van der Waals surface area (Å²) in [6.07, 6.45) is 1.96. The Morgan fingerprint density at radius 1 is 1.33 bits per heavy atom. The third-order valence-electron chi connectivity index (χ3n) is 1.73. The molecule has 0 fully saturated rings. The fourth-order valence-corrected chi connectivity index (χ4v) is 4.12. The molecule has 0 aromatic heterocycles. The molecule has 0 saturated carbocycles. The van der Waals surface area contributed by atoms with Crippen molar-refractivity contribution in [1.82, 2.24) is 0 Å². The quantitative estimate of drug-likeness (QED) is 0.477. The number of thiocarbonyl (C=S) groups is 1. The van der Waals surface area contributed by atoms with Crippen LogP contribution in [0.3, 0.4) is 0 Å². The molecule has 0 amide bonds. The van der Waals surface area contributed by atoms with Gasteiger partial charge in [-0.3, -0.25) is 0 Å². The molecule has 0 saturated heterocycles.